The monoisotopic (exact) mass is 640 g/mol. The summed E-state index contributed by atoms with van der Waals surface area (Å²) in [6, 6.07) is 18.6. The Morgan fingerprint density at radius 2 is 1.72 bits per heavy atom. The Bertz CT molecular complexity index is 1850. The summed E-state index contributed by atoms with van der Waals surface area (Å²) in [6.45, 7) is 7.34. The van der Waals surface area contributed by atoms with E-state index in [9.17, 15) is 19.5 Å². The highest BCUT2D eigenvalue weighted by molar-refractivity contribution is 7.17. The number of aliphatic hydroxyl groups is 1. The highest BCUT2D eigenvalue weighted by Gasteiger charge is 2.48. The Morgan fingerprint density at radius 3 is 2.39 bits per heavy atom. The number of carbonyl (C=O) groups excluding carboxylic acids is 3. The third-order valence-corrected chi connectivity index (χ3v) is 8.50. The minimum absolute atomic E-state index is 0.00281. The van der Waals surface area contributed by atoms with E-state index in [4.69, 9.17) is 18.9 Å². The number of ether oxygens (including phenoxy) is 4. The number of esters is 1. The second kappa shape index (κ2) is 13.7. The molecule has 1 atom stereocenters. The Morgan fingerprint density at radius 1 is 1.00 bits per heavy atom. The predicted molar refractivity (Wildman–Crippen MR) is 174 cm³/mol. The summed E-state index contributed by atoms with van der Waals surface area (Å²) in [5.41, 5.74) is 2.65. The van der Waals surface area contributed by atoms with Crippen LogP contribution in [-0.4, -0.2) is 48.6 Å². The molecule has 0 bridgehead atoms. The van der Waals surface area contributed by atoms with Gasteiger partial charge in [-0.15, -0.1) is 0 Å². The zero-order valence-electron chi connectivity index (χ0n) is 25.7. The van der Waals surface area contributed by atoms with Gasteiger partial charge in [-0.25, -0.2) is 9.78 Å². The van der Waals surface area contributed by atoms with E-state index < -0.39 is 23.7 Å². The number of benzene rings is 3. The van der Waals surface area contributed by atoms with E-state index in [0.717, 1.165) is 22.5 Å². The van der Waals surface area contributed by atoms with Gasteiger partial charge in [0.1, 0.15) is 29.6 Å². The van der Waals surface area contributed by atoms with Crippen LogP contribution < -0.4 is 19.1 Å². The highest BCUT2D eigenvalue weighted by Crippen LogP contribution is 2.45. The first-order chi connectivity index (χ1) is 22.2. The van der Waals surface area contributed by atoms with Crippen LogP contribution in [0.2, 0.25) is 0 Å². The van der Waals surface area contributed by atoms with Gasteiger partial charge in [-0.2, -0.15) is 0 Å². The van der Waals surface area contributed by atoms with E-state index in [1.165, 1.54) is 25.2 Å². The number of carbonyl (C=O) groups is 3. The number of rotatable bonds is 11. The van der Waals surface area contributed by atoms with Gasteiger partial charge in [0, 0.05) is 5.56 Å². The van der Waals surface area contributed by atoms with E-state index in [1.54, 1.807) is 43.3 Å². The minimum Gasteiger partial charge on any atom is -0.507 e. The maximum absolute atomic E-state index is 13.7. The molecular formula is C35H32N2O8S. The van der Waals surface area contributed by atoms with Gasteiger partial charge in [0.15, 0.2) is 16.6 Å². The fraction of sp³-hybridized carbons (Fsp3) is 0.200. The Labute approximate surface area is 270 Å². The van der Waals surface area contributed by atoms with Crippen LogP contribution >= 0.6 is 11.3 Å². The lowest BCUT2D eigenvalue weighted by molar-refractivity contribution is -0.132. The first kappa shape index (κ1) is 32.0. The van der Waals surface area contributed by atoms with Crippen molar-refractivity contribution in [2.45, 2.75) is 26.5 Å². The van der Waals surface area contributed by atoms with Crippen LogP contribution in [0.4, 0.5) is 5.13 Å². The van der Waals surface area contributed by atoms with Gasteiger partial charge >= 0.3 is 11.9 Å². The van der Waals surface area contributed by atoms with Crippen LogP contribution in [0.5, 0.6) is 17.2 Å². The number of Topliss-reactive ketones (excluding diaryl/α,β-unsaturated/α-hetero) is 1. The number of methoxy groups -OCH3 is 2. The maximum Gasteiger partial charge on any atom is 0.350 e. The summed E-state index contributed by atoms with van der Waals surface area (Å²) < 4.78 is 22.1. The third-order valence-electron chi connectivity index (χ3n) is 7.36. The predicted octanol–water partition coefficient (Wildman–Crippen LogP) is 6.33. The lowest BCUT2D eigenvalue weighted by Gasteiger charge is -2.24. The number of anilines is 1. The summed E-state index contributed by atoms with van der Waals surface area (Å²) >= 11 is 0.911. The molecule has 0 unspecified atom stereocenters. The van der Waals surface area contributed by atoms with Crippen molar-refractivity contribution in [3.63, 3.8) is 0 Å². The first-order valence-electron chi connectivity index (χ1n) is 14.2. The second-order valence-corrected chi connectivity index (χ2v) is 11.3. The molecule has 1 aliphatic heterocycles. The van der Waals surface area contributed by atoms with Crippen molar-refractivity contribution in [3.05, 3.63) is 118 Å². The molecule has 1 aromatic heterocycles. The highest BCUT2D eigenvalue weighted by atomic mass is 32.1. The van der Waals surface area contributed by atoms with Crippen molar-refractivity contribution in [2.24, 2.45) is 0 Å². The molecule has 10 nitrogen and oxygen atoms in total. The minimum atomic E-state index is -1.11. The number of thiazole rings is 1. The molecule has 3 aromatic carbocycles. The van der Waals surface area contributed by atoms with E-state index in [2.05, 4.69) is 11.6 Å². The molecule has 1 N–H and O–H groups in total. The summed E-state index contributed by atoms with van der Waals surface area (Å²) in [5, 5.41) is 11.8. The number of amides is 1. The number of ketones is 1. The molecule has 1 saturated heterocycles. The normalized spacial score (nSPS) is 15.5. The van der Waals surface area contributed by atoms with E-state index in [-0.39, 0.29) is 27.9 Å². The lowest BCUT2D eigenvalue weighted by atomic mass is 9.94. The molecule has 0 saturated carbocycles. The number of aliphatic hydroxyl groups excluding tert-OH is 1. The topological polar surface area (TPSA) is 124 Å². The quantitative estimate of drug-likeness (QED) is 0.0659. The van der Waals surface area contributed by atoms with Crippen LogP contribution in [0.1, 0.15) is 43.7 Å². The van der Waals surface area contributed by atoms with E-state index >= 15 is 0 Å². The van der Waals surface area contributed by atoms with Gasteiger partial charge in [0.2, 0.25) is 0 Å². The summed E-state index contributed by atoms with van der Waals surface area (Å²) in [4.78, 5) is 45.9. The second-order valence-electron chi connectivity index (χ2n) is 10.3. The summed E-state index contributed by atoms with van der Waals surface area (Å²) in [7, 11) is 2.96. The molecule has 1 aliphatic rings. The molecule has 2 heterocycles. The summed E-state index contributed by atoms with van der Waals surface area (Å²) in [6.07, 6.45) is 1.44. The van der Waals surface area contributed by atoms with Gasteiger partial charge in [0.05, 0.1) is 31.5 Å². The molecule has 0 aliphatic carbocycles. The zero-order valence-corrected chi connectivity index (χ0v) is 26.6. The molecule has 4 aromatic rings. The molecule has 11 heteroatoms. The first-order valence-corrected chi connectivity index (χ1v) is 15.1. The average molecular weight is 641 g/mol. The Hall–Kier alpha value is -5.42. The van der Waals surface area contributed by atoms with Gasteiger partial charge in [-0.05, 0) is 60.9 Å². The van der Waals surface area contributed by atoms with Crippen LogP contribution in [0.25, 0.3) is 5.76 Å². The Balaban J connectivity index is 1.60. The summed E-state index contributed by atoms with van der Waals surface area (Å²) in [5.74, 6) is -1.45. The van der Waals surface area contributed by atoms with Crippen LogP contribution in [-0.2, 0) is 20.9 Å². The molecule has 5 rings (SSSR count). The number of nitrogens with zero attached hydrogens (tertiary/aromatic N) is 2. The lowest BCUT2D eigenvalue weighted by Crippen LogP contribution is -2.29. The molecular weight excluding hydrogens is 608 g/mol. The van der Waals surface area contributed by atoms with Crippen LogP contribution in [0.15, 0.2) is 85.0 Å². The number of hydrogen-bond acceptors (Lipinski definition) is 10. The van der Waals surface area contributed by atoms with Crippen molar-refractivity contribution in [3.8, 4) is 17.2 Å². The van der Waals surface area contributed by atoms with E-state index in [0.29, 0.717) is 40.7 Å². The van der Waals surface area contributed by atoms with Crippen LogP contribution in [0.3, 0.4) is 0 Å². The number of aromatic nitrogens is 1. The molecule has 0 spiro atoms. The zero-order chi connectivity index (χ0) is 33.0. The standard InChI is InChI=1S/C35H32N2O8S/c1-6-16-44-34(41)32-21(3)36-35(46-32)37-29(23-12-15-26(42-4)27(18-23)43-5)28(31(39)33(37)40)30(38)24-13-14-25(20(2)17-24)45-19-22-10-8-7-9-11-22/h6-15,17-18,29,38H,1,16,19H2,2-5H3/b30-28+/t29-/m0/s1. The van der Waals surface area contributed by atoms with Crippen molar-refractivity contribution < 1.29 is 38.4 Å². The SMILES string of the molecule is C=CCOC(=O)c1sc(N2C(=O)C(=O)/C(=C(/O)c3ccc(OCc4ccccc4)c(C)c3)[C@@H]2c2ccc(OC)c(OC)c2)nc1C. The smallest absolute Gasteiger partial charge is 0.350 e. The largest absolute Gasteiger partial charge is 0.507 e. The molecule has 46 heavy (non-hydrogen) atoms. The van der Waals surface area contributed by atoms with Gasteiger partial charge < -0.3 is 24.1 Å². The molecule has 1 amide bonds. The van der Waals surface area contributed by atoms with Crippen molar-refractivity contribution >= 4 is 39.9 Å². The fourth-order valence-corrected chi connectivity index (χ4v) is 6.08. The number of aryl methyl sites for hydroxylation is 2. The third kappa shape index (κ3) is 6.22. The Kier molecular flexibility index (Phi) is 9.53. The van der Waals surface area contributed by atoms with Crippen molar-refractivity contribution in [1.29, 1.82) is 0 Å². The average Bonchev–Trinajstić information content (AvgIpc) is 3.58. The van der Waals surface area contributed by atoms with Crippen molar-refractivity contribution in [1.82, 2.24) is 4.98 Å². The number of hydrogen-bond donors (Lipinski definition) is 1. The van der Waals surface area contributed by atoms with Gasteiger partial charge in [-0.3, -0.25) is 14.5 Å². The van der Waals surface area contributed by atoms with E-state index in [1.807, 2.05) is 37.3 Å². The van der Waals surface area contributed by atoms with Gasteiger partial charge in [0.25, 0.3) is 5.78 Å². The van der Waals surface area contributed by atoms with Gasteiger partial charge in [-0.1, -0.05) is 60.4 Å². The fourth-order valence-electron chi connectivity index (χ4n) is 5.09. The molecule has 0 radical (unpaired) electrons. The molecule has 236 valence electrons. The van der Waals surface area contributed by atoms with Crippen LogP contribution in [0, 0.1) is 13.8 Å². The van der Waals surface area contributed by atoms with Crippen molar-refractivity contribution in [2.75, 3.05) is 25.7 Å². The maximum atomic E-state index is 13.7. The molecule has 1 fully saturated rings.